The zero-order valence-electron chi connectivity index (χ0n) is 18.4. The summed E-state index contributed by atoms with van der Waals surface area (Å²) in [6.45, 7) is 1.39. The van der Waals surface area contributed by atoms with E-state index in [2.05, 4.69) is 26.3 Å². The van der Waals surface area contributed by atoms with Crippen molar-refractivity contribution in [1.29, 1.82) is 0 Å². The Hall–Kier alpha value is -2.04. The molecule has 1 unspecified atom stereocenters. The number of anilines is 1. The fraction of sp³-hybridized carbons (Fsp3) is 0.348. The predicted molar refractivity (Wildman–Crippen MR) is 134 cm³/mol. The minimum absolute atomic E-state index is 0.0208. The number of alkyl halides is 3. The third-order valence-electron chi connectivity index (χ3n) is 5.60. The van der Waals surface area contributed by atoms with Crippen molar-refractivity contribution in [3.8, 4) is 0 Å². The zero-order valence-corrected chi connectivity index (χ0v) is 21.5. The van der Waals surface area contributed by atoms with E-state index in [1.165, 1.54) is 13.0 Å². The minimum atomic E-state index is -4.61. The molecule has 1 aliphatic heterocycles. The summed E-state index contributed by atoms with van der Waals surface area (Å²) in [6, 6.07) is 9.66. The first-order valence-electron chi connectivity index (χ1n) is 10.3. The average Bonchev–Trinajstić information content (AvgIpc) is 3.16. The molecule has 1 heterocycles. The predicted octanol–water partition coefficient (Wildman–Crippen LogP) is 7.09. The first kappa shape index (κ1) is 26.6. The average molecular weight is 577 g/mol. The summed E-state index contributed by atoms with van der Waals surface area (Å²) in [6.07, 6.45) is -1.61. The molecule has 0 aliphatic carbocycles. The number of ketones is 1. The fourth-order valence-corrected chi connectivity index (χ4v) is 4.80. The number of rotatable bonds is 7. The highest BCUT2D eigenvalue weighted by Gasteiger charge is 2.48. The maximum atomic E-state index is 13.2. The number of hydrazone groups is 1. The zero-order chi connectivity index (χ0) is 25.1. The Balaban J connectivity index is 2.01. The first-order chi connectivity index (χ1) is 16.0. The van der Waals surface area contributed by atoms with Gasteiger partial charge >= 0.3 is 12.2 Å². The first-order valence-corrected chi connectivity index (χ1v) is 12.8. The Kier molecular flexibility index (Phi) is 8.36. The van der Waals surface area contributed by atoms with Crippen molar-refractivity contribution >= 4 is 62.5 Å². The standard InChI is InChI=1S/C23H22BrClF3N3O2S/c1-14(32)22(10-3-11-34-2)13-31(21(33)29-17-7-5-16(24)6-8-17)30-20(22)15-4-9-18(19(25)12-15)23(26,27)28/h4-9,12H,3,10-11,13H2,1-2H3,(H,29,33). The van der Waals surface area contributed by atoms with Gasteiger partial charge in [0.05, 0.1) is 28.3 Å². The number of halogens is 5. The summed E-state index contributed by atoms with van der Waals surface area (Å²) < 4.78 is 40.5. The lowest BCUT2D eigenvalue weighted by molar-refractivity contribution is -0.137. The molecule has 3 rings (SSSR count). The van der Waals surface area contributed by atoms with Gasteiger partial charge in [-0.2, -0.15) is 30.0 Å². The van der Waals surface area contributed by atoms with E-state index in [0.29, 0.717) is 18.5 Å². The van der Waals surface area contributed by atoms with E-state index in [-0.39, 0.29) is 23.6 Å². The SMILES string of the molecule is CSCCCC1(C(C)=O)CN(C(=O)Nc2ccc(Br)cc2)N=C1c1ccc(C(F)(F)F)c(Cl)c1. The molecule has 5 nitrogen and oxygen atoms in total. The molecule has 182 valence electrons. The lowest BCUT2D eigenvalue weighted by Crippen LogP contribution is -2.42. The van der Waals surface area contributed by atoms with Gasteiger partial charge in [-0.25, -0.2) is 9.80 Å². The molecule has 0 saturated carbocycles. The third-order valence-corrected chi connectivity index (χ3v) is 7.14. The molecule has 2 aromatic carbocycles. The van der Waals surface area contributed by atoms with Crippen LogP contribution in [0.5, 0.6) is 0 Å². The van der Waals surface area contributed by atoms with E-state index < -0.39 is 28.2 Å². The Morgan fingerprint density at radius 2 is 1.91 bits per heavy atom. The van der Waals surface area contributed by atoms with Crippen LogP contribution in [0.15, 0.2) is 52.0 Å². The number of hydrogen-bond donors (Lipinski definition) is 1. The lowest BCUT2D eigenvalue weighted by Gasteiger charge is -2.28. The van der Waals surface area contributed by atoms with Crippen LogP contribution in [0.1, 0.15) is 30.9 Å². The van der Waals surface area contributed by atoms with Crippen molar-refractivity contribution in [2.24, 2.45) is 10.5 Å². The van der Waals surface area contributed by atoms with Gasteiger partial charge in [0, 0.05) is 15.7 Å². The maximum absolute atomic E-state index is 13.2. The van der Waals surface area contributed by atoms with Crippen LogP contribution >= 0.6 is 39.3 Å². The van der Waals surface area contributed by atoms with Gasteiger partial charge in [-0.05, 0) is 68.2 Å². The highest BCUT2D eigenvalue weighted by molar-refractivity contribution is 9.10. The van der Waals surface area contributed by atoms with Crippen molar-refractivity contribution in [3.05, 3.63) is 63.1 Å². The summed E-state index contributed by atoms with van der Waals surface area (Å²) in [5, 5.41) is 7.82. The minimum Gasteiger partial charge on any atom is -0.306 e. The number of Topliss-reactive ketones (excluding diaryl/α,β-unsaturated/α-hetero) is 1. The second kappa shape index (κ2) is 10.7. The molecule has 0 radical (unpaired) electrons. The number of carbonyl (C=O) groups excluding carboxylic acids is 2. The topological polar surface area (TPSA) is 61.8 Å². The van der Waals surface area contributed by atoms with Gasteiger partial charge in [0.2, 0.25) is 0 Å². The third kappa shape index (κ3) is 5.78. The van der Waals surface area contributed by atoms with Crippen molar-refractivity contribution < 1.29 is 22.8 Å². The van der Waals surface area contributed by atoms with E-state index in [1.54, 1.807) is 36.0 Å². The number of nitrogens with one attached hydrogen (secondary N) is 1. The second-order valence-corrected chi connectivity index (χ2v) is 10.2. The van der Waals surface area contributed by atoms with E-state index in [1.807, 2.05) is 6.26 Å². The van der Waals surface area contributed by atoms with Crippen LogP contribution in [0.25, 0.3) is 0 Å². The molecule has 0 fully saturated rings. The Morgan fingerprint density at radius 1 is 1.24 bits per heavy atom. The molecule has 0 spiro atoms. The summed E-state index contributed by atoms with van der Waals surface area (Å²) in [5.74, 6) is 0.559. The monoisotopic (exact) mass is 575 g/mol. The summed E-state index contributed by atoms with van der Waals surface area (Å²) in [7, 11) is 0. The number of nitrogens with zero attached hydrogens (tertiary/aromatic N) is 2. The molecule has 2 amide bonds. The van der Waals surface area contributed by atoms with Gasteiger partial charge in [0.25, 0.3) is 0 Å². The van der Waals surface area contributed by atoms with E-state index in [4.69, 9.17) is 11.6 Å². The highest BCUT2D eigenvalue weighted by Crippen LogP contribution is 2.40. The van der Waals surface area contributed by atoms with Crippen molar-refractivity contribution in [1.82, 2.24) is 5.01 Å². The van der Waals surface area contributed by atoms with Crippen molar-refractivity contribution in [2.75, 3.05) is 23.9 Å². The molecular weight excluding hydrogens is 555 g/mol. The van der Waals surface area contributed by atoms with Crippen LogP contribution in [0.2, 0.25) is 5.02 Å². The second-order valence-electron chi connectivity index (χ2n) is 7.87. The van der Waals surface area contributed by atoms with Crippen molar-refractivity contribution in [2.45, 2.75) is 25.9 Å². The van der Waals surface area contributed by atoms with Crippen LogP contribution in [0, 0.1) is 5.41 Å². The van der Waals surface area contributed by atoms with E-state index in [0.717, 1.165) is 27.4 Å². The van der Waals surface area contributed by atoms with Crippen LogP contribution in [-0.4, -0.2) is 41.1 Å². The quantitative estimate of drug-likeness (QED) is 0.358. The van der Waals surface area contributed by atoms with Crippen LogP contribution in [0.4, 0.5) is 23.7 Å². The molecule has 34 heavy (non-hydrogen) atoms. The summed E-state index contributed by atoms with van der Waals surface area (Å²) in [5.41, 5.74) is -1.09. The van der Waals surface area contributed by atoms with E-state index >= 15 is 0 Å². The van der Waals surface area contributed by atoms with Gasteiger partial charge in [-0.1, -0.05) is 33.6 Å². The molecular formula is C23H22BrClF3N3O2S. The summed E-state index contributed by atoms with van der Waals surface area (Å²) in [4.78, 5) is 25.9. The van der Waals surface area contributed by atoms with Crippen molar-refractivity contribution in [3.63, 3.8) is 0 Å². The van der Waals surface area contributed by atoms with Gasteiger partial charge in [0.15, 0.2) is 0 Å². The number of amides is 2. The highest BCUT2D eigenvalue weighted by atomic mass is 79.9. The Bertz CT molecular complexity index is 1110. The number of carbonyl (C=O) groups is 2. The van der Waals surface area contributed by atoms with Gasteiger partial charge in [-0.15, -0.1) is 0 Å². The maximum Gasteiger partial charge on any atom is 0.417 e. The molecule has 0 saturated heterocycles. The fourth-order valence-electron chi connectivity index (χ4n) is 3.82. The van der Waals surface area contributed by atoms with Crippen LogP contribution in [-0.2, 0) is 11.0 Å². The largest absolute Gasteiger partial charge is 0.417 e. The van der Waals surface area contributed by atoms with Gasteiger partial charge in [0.1, 0.15) is 5.78 Å². The Morgan fingerprint density at radius 3 is 2.47 bits per heavy atom. The normalized spacial score (nSPS) is 18.1. The van der Waals surface area contributed by atoms with Gasteiger partial charge in [-0.3, -0.25) is 4.79 Å². The molecule has 0 bridgehead atoms. The molecule has 1 N–H and O–H groups in total. The molecule has 2 aromatic rings. The molecule has 1 atom stereocenters. The number of hydrogen-bond acceptors (Lipinski definition) is 4. The lowest BCUT2D eigenvalue weighted by atomic mass is 9.73. The summed E-state index contributed by atoms with van der Waals surface area (Å²) >= 11 is 10.9. The van der Waals surface area contributed by atoms with Crippen LogP contribution in [0.3, 0.4) is 0 Å². The Labute approximate surface area is 213 Å². The van der Waals surface area contributed by atoms with E-state index in [9.17, 15) is 22.8 Å². The number of thioether (sulfide) groups is 1. The number of urea groups is 1. The molecule has 11 heteroatoms. The molecule has 1 aliphatic rings. The smallest absolute Gasteiger partial charge is 0.306 e. The number of benzene rings is 2. The molecule has 0 aromatic heterocycles. The van der Waals surface area contributed by atoms with Crippen LogP contribution < -0.4 is 5.32 Å². The van der Waals surface area contributed by atoms with Gasteiger partial charge < -0.3 is 5.32 Å².